The molecule has 2 aromatic carbocycles. The molecule has 9 nitrogen and oxygen atoms in total. The van der Waals surface area contributed by atoms with Gasteiger partial charge in [0.1, 0.15) is 12.4 Å². The quantitative estimate of drug-likeness (QED) is 0.562. The topological polar surface area (TPSA) is 108 Å². The lowest BCUT2D eigenvalue weighted by atomic mass is 10.1. The van der Waals surface area contributed by atoms with Crippen LogP contribution >= 0.6 is 0 Å². The van der Waals surface area contributed by atoms with Gasteiger partial charge in [-0.2, -0.15) is 5.10 Å². The van der Waals surface area contributed by atoms with Gasteiger partial charge in [-0.25, -0.2) is 9.36 Å². The van der Waals surface area contributed by atoms with Crippen LogP contribution in [0.5, 0.6) is 0 Å². The molecule has 144 valence electrons. The first-order valence-corrected chi connectivity index (χ1v) is 8.91. The minimum absolute atomic E-state index is 0.346. The molecule has 1 atom stereocenters. The number of carbonyl (C=O) groups is 1. The Morgan fingerprint density at radius 3 is 2.45 bits per heavy atom. The maximum Gasteiger partial charge on any atom is 0.267 e. The Morgan fingerprint density at radius 2 is 1.76 bits per heavy atom. The van der Waals surface area contributed by atoms with Gasteiger partial charge in [0.05, 0.1) is 11.4 Å². The van der Waals surface area contributed by atoms with Gasteiger partial charge >= 0.3 is 0 Å². The van der Waals surface area contributed by atoms with Gasteiger partial charge in [0.15, 0.2) is 0 Å². The first-order valence-electron chi connectivity index (χ1n) is 8.91. The highest BCUT2D eigenvalue weighted by Crippen LogP contribution is 2.17. The van der Waals surface area contributed by atoms with Crippen LogP contribution in [0, 0.1) is 0 Å². The van der Waals surface area contributed by atoms with Crippen molar-refractivity contribution in [1.29, 1.82) is 0 Å². The van der Waals surface area contributed by atoms with E-state index in [1.807, 2.05) is 30.3 Å². The molecule has 1 amide bonds. The molecule has 0 spiro atoms. The number of carbonyl (C=O) groups excluding carboxylic acids is 1. The molecule has 0 saturated carbocycles. The summed E-state index contributed by atoms with van der Waals surface area (Å²) in [6.07, 6.45) is 1.48. The molecule has 0 unspecified atom stereocenters. The largest absolute Gasteiger partial charge is 0.324 e. The van der Waals surface area contributed by atoms with Gasteiger partial charge in [0, 0.05) is 17.3 Å². The summed E-state index contributed by atoms with van der Waals surface area (Å²) in [6.45, 7) is 1.63. The fraction of sp³-hybridized carbons (Fsp3) is 0.100. The van der Waals surface area contributed by atoms with Gasteiger partial charge in [0.25, 0.3) is 5.56 Å². The van der Waals surface area contributed by atoms with E-state index in [4.69, 9.17) is 0 Å². The lowest BCUT2D eigenvalue weighted by Crippen LogP contribution is -2.33. The van der Waals surface area contributed by atoms with Crippen molar-refractivity contribution in [3.8, 4) is 16.9 Å². The number of anilines is 1. The van der Waals surface area contributed by atoms with Crippen molar-refractivity contribution in [2.24, 2.45) is 0 Å². The first-order chi connectivity index (χ1) is 14.1. The summed E-state index contributed by atoms with van der Waals surface area (Å²) in [5.41, 5.74) is 2.49. The standard InChI is InChI=1S/C20H17N7O2/c1-14(27-19(28)12-11-18(23-27)15-5-3-2-4-6-15)20(29)22-16-7-9-17(10-8-16)26-13-21-24-25-26/h2-14H,1H3,(H,22,29)/t14-/m0/s1. The van der Waals surface area contributed by atoms with Crippen LogP contribution in [0.15, 0.2) is 77.9 Å². The van der Waals surface area contributed by atoms with E-state index >= 15 is 0 Å². The van der Waals surface area contributed by atoms with Crippen molar-refractivity contribution in [2.45, 2.75) is 13.0 Å². The van der Waals surface area contributed by atoms with Crippen LogP contribution in [0.2, 0.25) is 0 Å². The van der Waals surface area contributed by atoms with Crippen molar-refractivity contribution >= 4 is 11.6 Å². The van der Waals surface area contributed by atoms with Crippen molar-refractivity contribution in [1.82, 2.24) is 30.0 Å². The fourth-order valence-corrected chi connectivity index (χ4v) is 2.80. The molecule has 2 heterocycles. The zero-order valence-electron chi connectivity index (χ0n) is 15.5. The molecule has 0 bridgehead atoms. The Hall–Kier alpha value is -4.14. The third kappa shape index (κ3) is 3.93. The molecule has 2 aromatic heterocycles. The zero-order chi connectivity index (χ0) is 20.2. The Labute approximate surface area is 165 Å². The zero-order valence-corrected chi connectivity index (χ0v) is 15.5. The summed E-state index contributed by atoms with van der Waals surface area (Å²) in [5.74, 6) is -0.347. The maximum atomic E-state index is 12.7. The molecule has 0 fully saturated rings. The average Bonchev–Trinajstić information content (AvgIpc) is 3.30. The lowest BCUT2D eigenvalue weighted by molar-refractivity contribution is -0.119. The smallest absolute Gasteiger partial charge is 0.267 e. The number of benzene rings is 2. The number of nitrogens with zero attached hydrogens (tertiary/aromatic N) is 6. The minimum Gasteiger partial charge on any atom is -0.324 e. The van der Waals surface area contributed by atoms with Crippen LogP contribution in [0.1, 0.15) is 13.0 Å². The van der Waals surface area contributed by atoms with Crippen LogP contribution in [-0.2, 0) is 4.79 Å². The summed E-state index contributed by atoms with van der Waals surface area (Å²) in [5, 5.41) is 18.2. The molecule has 4 rings (SSSR count). The number of hydrogen-bond donors (Lipinski definition) is 1. The molecule has 0 aliphatic carbocycles. The Morgan fingerprint density at radius 1 is 1.00 bits per heavy atom. The van der Waals surface area contributed by atoms with E-state index in [0.717, 1.165) is 11.3 Å². The normalized spacial score (nSPS) is 11.8. The Balaban J connectivity index is 1.53. The van der Waals surface area contributed by atoms with Crippen LogP contribution in [0.25, 0.3) is 16.9 Å². The average molecular weight is 387 g/mol. The number of tetrazole rings is 1. The van der Waals surface area contributed by atoms with E-state index in [0.29, 0.717) is 11.4 Å². The van der Waals surface area contributed by atoms with Gasteiger partial charge in [-0.3, -0.25) is 9.59 Å². The van der Waals surface area contributed by atoms with Crippen LogP contribution in [-0.4, -0.2) is 35.9 Å². The molecule has 0 radical (unpaired) electrons. The van der Waals surface area contributed by atoms with Crippen molar-refractivity contribution in [3.63, 3.8) is 0 Å². The number of rotatable bonds is 5. The minimum atomic E-state index is -0.787. The van der Waals surface area contributed by atoms with E-state index in [9.17, 15) is 9.59 Å². The summed E-state index contributed by atoms with van der Waals surface area (Å²) in [7, 11) is 0. The molecule has 4 aromatic rings. The summed E-state index contributed by atoms with van der Waals surface area (Å²) >= 11 is 0. The van der Waals surface area contributed by atoms with Crippen LogP contribution in [0.3, 0.4) is 0 Å². The lowest BCUT2D eigenvalue weighted by Gasteiger charge is -2.15. The second kappa shape index (κ2) is 7.85. The predicted octanol–water partition coefficient (Wildman–Crippen LogP) is 2.09. The predicted molar refractivity (Wildman–Crippen MR) is 106 cm³/mol. The third-order valence-corrected chi connectivity index (χ3v) is 4.39. The van der Waals surface area contributed by atoms with E-state index in [1.54, 1.807) is 37.3 Å². The molecule has 0 aliphatic rings. The summed E-state index contributed by atoms with van der Waals surface area (Å²) in [4.78, 5) is 25.0. The summed E-state index contributed by atoms with van der Waals surface area (Å²) in [6, 6.07) is 18.8. The highest BCUT2D eigenvalue weighted by atomic mass is 16.2. The number of amides is 1. The highest BCUT2D eigenvalue weighted by Gasteiger charge is 2.18. The molecule has 9 heteroatoms. The SMILES string of the molecule is C[C@@H](C(=O)Nc1ccc(-n2cnnn2)cc1)n1nc(-c2ccccc2)ccc1=O. The van der Waals surface area contributed by atoms with E-state index in [1.165, 1.54) is 21.8 Å². The van der Waals surface area contributed by atoms with Crippen molar-refractivity contribution < 1.29 is 4.79 Å². The third-order valence-electron chi connectivity index (χ3n) is 4.39. The van der Waals surface area contributed by atoms with Gasteiger partial charge < -0.3 is 5.32 Å². The van der Waals surface area contributed by atoms with Gasteiger partial charge in [-0.1, -0.05) is 30.3 Å². The molecule has 0 saturated heterocycles. The van der Waals surface area contributed by atoms with Gasteiger partial charge in [0.2, 0.25) is 5.91 Å². The van der Waals surface area contributed by atoms with E-state index < -0.39 is 6.04 Å². The second-order valence-corrected chi connectivity index (χ2v) is 6.33. The fourth-order valence-electron chi connectivity index (χ4n) is 2.80. The number of aromatic nitrogens is 6. The van der Waals surface area contributed by atoms with E-state index in [2.05, 4.69) is 25.9 Å². The second-order valence-electron chi connectivity index (χ2n) is 6.33. The summed E-state index contributed by atoms with van der Waals surface area (Å²) < 4.78 is 2.69. The Kier molecular flexibility index (Phi) is 4.93. The van der Waals surface area contributed by atoms with Gasteiger partial charge in [-0.15, -0.1) is 5.10 Å². The Bertz CT molecular complexity index is 1170. The van der Waals surface area contributed by atoms with Crippen LogP contribution < -0.4 is 10.9 Å². The molecular weight excluding hydrogens is 370 g/mol. The van der Waals surface area contributed by atoms with Crippen molar-refractivity contribution in [3.05, 3.63) is 83.4 Å². The van der Waals surface area contributed by atoms with Crippen LogP contribution in [0.4, 0.5) is 5.69 Å². The molecule has 0 aliphatic heterocycles. The number of nitrogens with one attached hydrogen (secondary N) is 1. The van der Waals surface area contributed by atoms with Gasteiger partial charge in [-0.05, 0) is 47.7 Å². The number of hydrogen-bond acceptors (Lipinski definition) is 6. The van der Waals surface area contributed by atoms with Crippen molar-refractivity contribution in [2.75, 3.05) is 5.32 Å². The first kappa shape index (κ1) is 18.2. The van der Waals surface area contributed by atoms with E-state index in [-0.39, 0.29) is 11.5 Å². The molecule has 1 N–H and O–H groups in total. The molecule has 29 heavy (non-hydrogen) atoms. The highest BCUT2D eigenvalue weighted by molar-refractivity contribution is 5.93. The monoisotopic (exact) mass is 387 g/mol. The molecular formula is C20H17N7O2. The maximum absolute atomic E-state index is 12.7.